The number of benzene rings is 1. The molecular weight excluding hydrogens is 358 g/mol. The first-order chi connectivity index (χ1) is 12.4. The van der Waals surface area contributed by atoms with E-state index in [1.54, 1.807) is 24.3 Å². The van der Waals surface area contributed by atoms with E-state index < -0.39 is 29.6 Å². The molecule has 1 aromatic rings. The first-order valence-corrected chi connectivity index (χ1v) is 8.50. The zero-order valence-electron chi connectivity index (χ0n) is 14.1. The average molecular weight is 375 g/mol. The number of carbonyl (C=O) groups is 3. The van der Waals surface area contributed by atoms with E-state index in [0.717, 1.165) is 11.8 Å². The number of nitriles is 1. The Hall–Kier alpha value is -2.99. The normalized spacial score (nSPS) is 19.3. The van der Waals surface area contributed by atoms with Gasteiger partial charge in [0.1, 0.15) is 11.7 Å². The summed E-state index contributed by atoms with van der Waals surface area (Å²) in [6.45, 7) is 0. The highest BCUT2D eigenvalue weighted by Crippen LogP contribution is 2.43. The molecule has 0 aliphatic carbocycles. The summed E-state index contributed by atoms with van der Waals surface area (Å²) in [7, 11) is 2.62. The molecule has 0 saturated heterocycles. The van der Waals surface area contributed by atoms with Gasteiger partial charge in [0, 0.05) is 11.5 Å². The van der Waals surface area contributed by atoms with Gasteiger partial charge in [-0.15, -0.1) is 0 Å². The molecule has 0 unspecified atom stereocenters. The summed E-state index contributed by atoms with van der Waals surface area (Å²) in [6.07, 6.45) is 0. The highest BCUT2D eigenvalue weighted by molar-refractivity contribution is 8.03. The maximum atomic E-state index is 12.6. The fourth-order valence-electron chi connectivity index (χ4n) is 2.72. The zero-order chi connectivity index (χ0) is 19.3. The van der Waals surface area contributed by atoms with Gasteiger partial charge in [-0.2, -0.15) is 5.26 Å². The Balaban J connectivity index is 2.65. The molecule has 1 aliphatic rings. The summed E-state index contributed by atoms with van der Waals surface area (Å²) in [5.41, 5.74) is 5.78. The number of amides is 2. The van der Waals surface area contributed by atoms with E-state index in [-0.39, 0.29) is 16.4 Å². The maximum Gasteiger partial charge on any atom is 0.319 e. The summed E-state index contributed by atoms with van der Waals surface area (Å²) in [5, 5.41) is 12.4. The Labute approximate surface area is 154 Å². The highest BCUT2D eigenvalue weighted by atomic mass is 32.2. The first kappa shape index (κ1) is 19.3. The zero-order valence-corrected chi connectivity index (χ0v) is 15.0. The molecule has 0 saturated carbocycles. The van der Waals surface area contributed by atoms with Crippen molar-refractivity contribution in [2.24, 2.45) is 11.7 Å². The van der Waals surface area contributed by atoms with Crippen LogP contribution >= 0.6 is 11.8 Å². The first-order valence-electron chi connectivity index (χ1n) is 7.51. The number of nitrogens with one attached hydrogen (secondary N) is 1. The van der Waals surface area contributed by atoms with E-state index in [9.17, 15) is 19.6 Å². The summed E-state index contributed by atoms with van der Waals surface area (Å²) >= 11 is 0.933. The van der Waals surface area contributed by atoms with E-state index in [0.29, 0.717) is 11.3 Å². The number of nitrogens with zero attached hydrogens (tertiary/aromatic N) is 1. The van der Waals surface area contributed by atoms with Gasteiger partial charge in [-0.05, 0) is 6.07 Å². The van der Waals surface area contributed by atoms with Crippen LogP contribution in [-0.2, 0) is 19.1 Å². The Morgan fingerprint density at radius 3 is 2.62 bits per heavy atom. The molecule has 26 heavy (non-hydrogen) atoms. The predicted octanol–water partition coefficient (Wildman–Crippen LogP) is 0.651. The molecule has 0 fully saturated rings. The Morgan fingerprint density at radius 1 is 1.35 bits per heavy atom. The van der Waals surface area contributed by atoms with E-state index in [1.165, 1.54) is 14.2 Å². The van der Waals surface area contributed by atoms with Crippen molar-refractivity contribution in [1.82, 2.24) is 5.32 Å². The number of esters is 1. The third-order valence-corrected chi connectivity index (χ3v) is 4.86. The van der Waals surface area contributed by atoms with Crippen LogP contribution in [-0.4, -0.2) is 37.8 Å². The number of allylic oxidation sites excluding steroid dienone is 1. The van der Waals surface area contributed by atoms with Crippen LogP contribution in [0.5, 0.6) is 5.75 Å². The molecular formula is C17H17N3O5S. The highest BCUT2D eigenvalue weighted by Gasteiger charge is 2.45. The van der Waals surface area contributed by atoms with E-state index in [2.05, 4.69) is 5.32 Å². The number of carbonyl (C=O) groups excluding carboxylic acids is 3. The van der Waals surface area contributed by atoms with Crippen molar-refractivity contribution in [3.63, 3.8) is 0 Å². The lowest BCUT2D eigenvalue weighted by molar-refractivity contribution is -0.150. The lowest BCUT2D eigenvalue weighted by atomic mass is 9.78. The van der Waals surface area contributed by atoms with Crippen molar-refractivity contribution in [2.45, 2.75) is 5.92 Å². The van der Waals surface area contributed by atoms with Gasteiger partial charge in [0.15, 0.2) is 0 Å². The standard InChI is InChI=1S/C17H17N3O5S/c1-24-11-6-4-3-5-9(11)13-10(7-18)16(26-8-12(19)21)20-15(22)14(13)17(23)25-2/h3-6,13-14H,8H2,1-2H3,(H2,19,21)(H,20,22)/t13-,14-/m1/s1. The van der Waals surface area contributed by atoms with Gasteiger partial charge in [0.2, 0.25) is 11.8 Å². The molecule has 0 radical (unpaired) electrons. The molecule has 0 spiro atoms. The number of rotatable bonds is 6. The predicted molar refractivity (Wildman–Crippen MR) is 93.7 cm³/mol. The molecule has 2 atom stereocenters. The molecule has 9 heteroatoms. The minimum Gasteiger partial charge on any atom is -0.496 e. The van der Waals surface area contributed by atoms with Gasteiger partial charge >= 0.3 is 5.97 Å². The maximum absolute atomic E-state index is 12.6. The van der Waals surface area contributed by atoms with Gasteiger partial charge < -0.3 is 20.5 Å². The second-order valence-corrected chi connectivity index (χ2v) is 6.30. The Bertz CT molecular complexity index is 815. The van der Waals surface area contributed by atoms with Crippen LogP contribution in [0.15, 0.2) is 34.9 Å². The number of hydrogen-bond donors (Lipinski definition) is 2. The molecule has 3 N–H and O–H groups in total. The van der Waals surface area contributed by atoms with Gasteiger partial charge in [0.25, 0.3) is 0 Å². The van der Waals surface area contributed by atoms with Crippen LogP contribution in [0.25, 0.3) is 0 Å². The van der Waals surface area contributed by atoms with Gasteiger partial charge in [-0.3, -0.25) is 14.4 Å². The second-order valence-electron chi connectivity index (χ2n) is 5.32. The molecule has 0 bridgehead atoms. The monoisotopic (exact) mass is 375 g/mol. The van der Waals surface area contributed by atoms with Crippen LogP contribution in [0, 0.1) is 17.2 Å². The Morgan fingerprint density at radius 2 is 2.04 bits per heavy atom. The third-order valence-electron chi connectivity index (χ3n) is 3.82. The van der Waals surface area contributed by atoms with Crippen LogP contribution < -0.4 is 15.8 Å². The average Bonchev–Trinajstić information content (AvgIpc) is 2.64. The fraction of sp³-hybridized carbons (Fsp3) is 0.294. The number of nitrogens with two attached hydrogens (primary N) is 1. The fourth-order valence-corrected chi connectivity index (χ4v) is 3.51. The van der Waals surface area contributed by atoms with Crippen molar-refractivity contribution in [2.75, 3.05) is 20.0 Å². The number of primary amides is 1. The molecule has 1 aliphatic heterocycles. The quantitative estimate of drug-likeness (QED) is 0.551. The summed E-state index contributed by atoms with van der Waals surface area (Å²) in [5.74, 6) is -3.87. The van der Waals surface area contributed by atoms with Crippen molar-refractivity contribution in [1.29, 1.82) is 5.26 Å². The topological polar surface area (TPSA) is 132 Å². The van der Waals surface area contributed by atoms with Gasteiger partial charge in [0.05, 0.1) is 36.6 Å². The SMILES string of the molecule is COC(=O)[C@H]1C(=O)NC(SCC(N)=O)=C(C#N)[C@H]1c1ccccc1OC. The van der Waals surface area contributed by atoms with Crippen molar-refractivity contribution < 1.29 is 23.9 Å². The molecule has 1 heterocycles. The lowest BCUT2D eigenvalue weighted by Gasteiger charge is -2.31. The third kappa shape index (κ3) is 3.81. The van der Waals surface area contributed by atoms with E-state index in [4.69, 9.17) is 15.2 Å². The van der Waals surface area contributed by atoms with Crippen molar-refractivity contribution >= 4 is 29.5 Å². The summed E-state index contributed by atoms with van der Waals surface area (Å²) in [4.78, 5) is 35.9. The minimum atomic E-state index is -1.26. The number of methoxy groups -OCH3 is 2. The van der Waals surface area contributed by atoms with Crippen molar-refractivity contribution in [3.05, 3.63) is 40.4 Å². The lowest BCUT2D eigenvalue weighted by Crippen LogP contribution is -2.44. The molecule has 1 aromatic carbocycles. The minimum absolute atomic E-state index is 0.123. The second kappa shape index (κ2) is 8.40. The molecule has 0 aromatic heterocycles. The smallest absolute Gasteiger partial charge is 0.319 e. The number of ether oxygens (including phenoxy) is 2. The number of thioether (sulfide) groups is 1. The largest absolute Gasteiger partial charge is 0.496 e. The van der Waals surface area contributed by atoms with Crippen LogP contribution in [0.4, 0.5) is 0 Å². The summed E-state index contributed by atoms with van der Waals surface area (Å²) < 4.78 is 10.1. The van der Waals surface area contributed by atoms with Gasteiger partial charge in [-0.1, -0.05) is 30.0 Å². The number of para-hydroxylation sites is 1. The van der Waals surface area contributed by atoms with E-state index in [1.807, 2.05) is 6.07 Å². The van der Waals surface area contributed by atoms with Crippen LogP contribution in [0.1, 0.15) is 11.5 Å². The molecule has 136 valence electrons. The molecule has 8 nitrogen and oxygen atoms in total. The molecule has 2 amide bonds. The number of hydrogen-bond acceptors (Lipinski definition) is 7. The van der Waals surface area contributed by atoms with E-state index >= 15 is 0 Å². The van der Waals surface area contributed by atoms with Crippen LogP contribution in [0.3, 0.4) is 0 Å². The molecule has 2 rings (SSSR count). The van der Waals surface area contributed by atoms with Crippen LogP contribution in [0.2, 0.25) is 0 Å². The van der Waals surface area contributed by atoms with Gasteiger partial charge in [-0.25, -0.2) is 0 Å². The Kier molecular flexibility index (Phi) is 6.25. The summed E-state index contributed by atoms with van der Waals surface area (Å²) in [6, 6.07) is 8.82. The van der Waals surface area contributed by atoms with Crippen molar-refractivity contribution in [3.8, 4) is 11.8 Å².